The van der Waals surface area contributed by atoms with E-state index in [1.807, 2.05) is 29.8 Å². The number of aryl methyl sites for hydroxylation is 1. The Morgan fingerprint density at radius 3 is 2.77 bits per heavy atom. The van der Waals surface area contributed by atoms with Crippen molar-refractivity contribution in [1.82, 2.24) is 5.32 Å². The van der Waals surface area contributed by atoms with E-state index in [4.69, 9.17) is 0 Å². The van der Waals surface area contributed by atoms with E-state index < -0.39 is 11.8 Å². The molecule has 2 N–H and O–H groups in total. The van der Waals surface area contributed by atoms with Crippen molar-refractivity contribution in [1.29, 1.82) is 0 Å². The number of thiophene rings is 1. The molecule has 1 aliphatic heterocycles. The first kappa shape index (κ1) is 18.1. The second-order valence-electron chi connectivity index (χ2n) is 6.24. The molecule has 26 heavy (non-hydrogen) atoms. The molecule has 2 aromatic rings. The highest BCUT2D eigenvalue weighted by Crippen LogP contribution is 2.28. The molecule has 0 unspecified atom stereocenters. The average molecular weight is 371 g/mol. The number of hydrogen-bond acceptors (Lipinski definition) is 4. The van der Waals surface area contributed by atoms with Crippen molar-refractivity contribution in [2.75, 3.05) is 23.3 Å². The van der Waals surface area contributed by atoms with Gasteiger partial charge in [0, 0.05) is 30.9 Å². The Labute approximate surface area is 156 Å². The van der Waals surface area contributed by atoms with Gasteiger partial charge in [0.2, 0.25) is 5.91 Å². The number of hydrogen-bond donors (Lipinski definition) is 2. The van der Waals surface area contributed by atoms with Crippen LogP contribution in [-0.4, -0.2) is 30.8 Å². The van der Waals surface area contributed by atoms with Gasteiger partial charge in [-0.25, -0.2) is 0 Å². The van der Waals surface area contributed by atoms with Crippen molar-refractivity contribution >= 4 is 40.4 Å². The van der Waals surface area contributed by atoms with Crippen LogP contribution in [0.5, 0.6) is 0 Å². The molecule has 0 atom stereocenters. The molecule has 7 heteroatoms. The first-order valence-corrected chi connectivity index (χ1v) is 9.50. The van der Waals surface area contributed by atoms with Crippen molar-refractivity contribution in [3.8, 4) is 0 Å². The first-order valence-electron chi connectivity index (χ1n) is 8.56. The van der Waals surface area contributed by atoms with E-state index >= 15 is 0 Å². The molecule has 1 fully saturated rings. The third-order valence-corrected chi connectivity index (χ3v) is 5.05. The monoisotopic (exact) mass is 371 g/mol. The summed E-state index contributed by atoms with van der Waals surface area (Å²) < 4.78 is 0. The molecule has 1 aliphatic rings. The minimum atomic E-state index is -0.710. The highest BCUT2D eigenvalue weighted by molar-refractivity contribution is 7.07. The predicted molar refractivity (Wildman–Crippen MR) is 102 cm³/mol. The van der Waals surface area contributed by atoms with E-state index in [1.54, 1.807) is 28.4 Å². The number of nitrogens with zero attached hydrogens (tertiary/aromatic N) is 1. The van der Waals surface area contributed by atoms with E-state index in [9.17, 15) is 14.4 Å². The van der Waals surface area contributed by atoms with E-state index in [2.05, 4.69) is 10.6 Å². The number of amides is 3. The van der Waals surface area contributed by atoms with Crippen LogP contribution in [0.25, 0.3) is 0 Å². The summed E-state index contributed by atoms with van der Waals surface area (Å²) in [6.45, 7) is 3.01. The van der Waals surface area contributed by atoms with Gasteiger partial charge in [-0.2, -0.15) is 11.3 Å². The normalized spacial score (nSPS) is 13.7. The third-order valence-electron chi connectivity index (χ3n) is 4.32. The molecule has 0 aliphatic carbocycles. The number of rotatable bonds is 5. The van der Waals surface area contributed by atoms with Gasteiger partial charge < -0.3 is 15.5 Å². The second-order valence-corrected chi connectivity index (χ2v) is 7.02. The summed E-state index contributed by atoms with van der Waals surface area (Å²) in [5.41, 5.74) is 3.37. The Morgan fingerprint density at radius 1 is 1.23 bits per heavy atom. The minimum Gasteiger partial charge on any atom is -0.347 e. The van der Waals surface area contributed by atoms with E-state index in [-0.39, 0.29) is 5.91 Å². The van der Waals surface area contributed by atoms with Crippen molar-refractivity contribution < 1.29 is 14.4 Å². The van der Waals surface area contributed by atoms with Crippen LogP contribution < -0.4 is 15.5 Å². The van der Waals surface area contributed by atoms with Crippen LogP contribution in [0.3, 0.4) is 0 Å². The van der Waals surface area contributed by atoms with Crippen molar-refractivity contribution in [3.05, 3.63) is 46.2 Å². The molecule has 1 aromatic carbocycles. The van der Waals surface area contributed by atoms with Gasteiger partial charge in [-0.1, -0.05) is 6.07 Å². The highest BCUT2D eigenvalue weighted by atomic mass is 32.1. The zero-order valence-corrected chi connectivity index (χ0v) is 15.4. The van der Waals surface area contributed by atoms with Crippen LogP contribution in [0, 0.1) is 6.92 Å². The minimum absolute atomic E-state index is 0.0859. The Morgan fingerprint density at radius 2 is 2.08 bits per heavy atom. The topological polar surface area (TPSA) is 78.5 Å². The van der Waals surface area contributed by atoms with E-state index in [0.717, 1.165) is 23.2 Å². The summed E-state index contributed by atoms with van der Waals surface area (Å²) in [6, 6.07) is 7.31. The lowest BCUT2D eigenvalue weighted by atomic mass is 10.1. The fourth-order valence-corrected chi connectivity index (χ4v) is 3.61. The second kappa shape index (κ2) is 8.14. The SMILES string of the molecule is Cc1ccc(NC(=O)C(=O)NCCc2ccsc2)cc1N1CCCC1=O. The van der Waals surface area contributed by atoms with Gasteiger partial charge in [0.15, 0.2) is 0 Å². The van der Waals surface area contributed by atoms with E-state index in [0.29, 0.717) is 31.6 Å². The van der Waals surface area contributed by atoms with Crippen LogP contribution in [0.2, 0.25) is 0 Å². The fourth-order valence-electron chi connectivity index (χ4n) is 2.90. The molecule has 0 radical (unpaired) electrons. The van der Waals surface area contributed by atoms with Gasteiger partial charge in [0.25, 0.3) is 0 Å². The summed E-state index contributed by atoms with van der Waals surface area (Å²) in [6.07, 6.45) is 2.07. The maximum Gasteiger partial charge on any atom is 0.313 e. The molecule has 0 saturated carbocycles. The molecule has 0 bridgehead atoms. The van der Waals surface area contributed by atoms with Crippen molar-refractivity contribution in [2.45, 2.75) is 26.2 Å². The van der Waals surface area contributed by atoms with Gasteiger partial charge in [0.05, 0.1) is 0 Å². The molecule has 0 spiro atoms. The summed E-state index contributed by atoms with van der Waals surface area (Å²) in [7, 11) is 0. The Hall–Kier alpha value is -2.67. The molecule has 6 nitrogen and oxygen atoms in total. The zero-order chi connectivity index (χ0) is 18.5. The fraction of sp³-hybridized carbons (Fsp3) is 0.316. The molecular weight excluding hydrogens is 350 g/mol. The third kappa shape index (κ3) is 4.29. The summed E-state index contributed by atoms with van der Waals surface area (Å²) in [4.78, 5) is 37.7. The molecule has 2 heterocycles. The lowest BCUT2D eigenvalue weighted by molar-refractivity contribution is -0.136. The van der Waals surface area contributed by atoms with Crippen LogP contribution in [0.1, 0.15) is 24.0 Å². The van der Waals surface area contributed by atoms with Crippen LogP contribution in [0.4, 0.5) is 11.4 Å². The summed E-state index contributed by atoms with van der Waals surface area (Å²) in [5.74, 6) is -1.29. The molecule has 1 saturated heterocycles. The first-order chi connectivity index (χ1) is 12.5. The average Bonchev–Trinajstić information content (AvgIpc) is 3.28. The predicted octanol–water partition coefficient (Wildman–Crippen LogP) is 2.48. The number of nitrogens with one attached hydrogen (secondary N) is 2. The quantitative estimate of drug-likeness (QED) is 0.793. The molecular formula is C19H21N3O3S. The van der Waals surface area contributed by atoms with Crippen LogP contribution in [0.15, 0.2) is 35.0 Å². The molecule has 136 valence electrons. The lowest BCUT2D eigenvalue weighted by Crippen LogP contribution is -2.36. The van der Waals surface area contributed by atoms with Crippen LogP contribution in [-0.2, 0) is 20.8 Å². The Kier molecular flexibility index (Phi) is 5.68. The van der Waals surface area contributed by atoms with Gasteiger partial charge >= 0.3 is 11.8 Å². The van der Waals surface area contributed by atoms with Gasteiger partial charge in [-0.3, -0.25) is 14.4 Å². The highest BCUT2D eigenvalue weighted by Gasteiger charge is 2.23. The smallest absolute Gasteiger partial charge is 0.313 e. The van der Waals surface area contributed by atoms with Gasteiger partial charge in [-0.15, -0.1) is 0 Å². The van der Waals surface area contributed by atoms with E-state index in [1.165, 1.54) is 0 Å². The number of carbonyl (C=O) groups excluding carboxylic acids is 3. The molecule has 1 aromatic heterocycles. The van der Waals surface area contributed by atoms with Crippen LogP contribution >= 0.6 is 11.3 Å². The summed E-state index contributed by atoms with van der Waals surface area (Å²) >= 11 is 1.60. The zero-order valence-electron chi connectivity index (χ0n) is 14.6. The molecule has 3 rings (SSSR count). The van der Waals surface area contributed by atoms with Crippen molar-refractivity contribution in [3.63, 3.8) is 0 Å². The Bertz CT molecular complexity index is 817. The lowest BCUT2D eigenvalue weighted by Gasteiger charge is -2.19. The Balaban J connectivity index is 1.58. The van der Waals surface area contributed by atoms with Gasteiger partial charge in [-0.05, 0) is 59.9 Å². The number of benzene rings is 1. The van der Waals surface area contributed by atoms with Gasteiger partial charge in [0.1, 0.15) is 0 Å². The summed E-state index contributed by atoms with van der Waals surface area (Å²) in [5, 5.41) is 9.21. The standard InChI is InChI=1S/C19H21N3O3S/c1-13-4-5-15(11-16(13)22-9-2-3-17(22)23)21-19(25)18(24)20-8-6-14-7-10-26-12-14/h4-5,7,10-12H,2-3,6,8-9H2,1H3,(H,20,24)(H,21,25). The molecule has 3 amide bonds. The number of anilines is 2. The van der Waals surface area contributed by atoms with Crippen molar-refractivity contribution in [2.24, 2.45) is 0 Å². The maximum absolute atomic E-state index is 12.1. The largest absolute Gasteiger partial charge is 0.347 e. The maximum atomic E-state index is 12.1. The number of carbonyl (C=O) groups is 3.